The molecule has 0 aliphatic carbocycles. The van der Waals surface area contributed by atoms with Gasteiger partial charge in [-0.1, -0.05) is 49.0 Å². The number of alkyl halides is 3. The van der Waals surface area contributed by atoms with E-state index >= 15 is 0 Å². The molecular weight excluding hydrogens is 353 g/mol. The van der Waals surface area contributed by atoms with Crippen LogP contribution in [-0.4, -0.2) is 20.1 Å². The summed E-state index contributed by atoms with van der Waals surface area (Å²) in [5, 5.41) is 4.67. The van der Waals surface area contributed by atoms with Crippen molar-refractivity contribution >= 4 is 22.7 Å². The molecule has 0 saturated carbocycles. The van der Waals surface area contributed by atoms with E-state index < -0.39 is 12.0 Å². The number of hydrogen-bond acceptors (Lipinski definition) is 6. The van der Waals surface area contributed by atoms with Gasteiger partial charge in [0.05, 0.1) is 11.3 Å². The lowest BCUT2D eigenvalue weighted by atomic mass is 10.1. The van der Waals surface area contributed by atoms with Gasteiger partial charge in [0.2, 0.25) is 11.7 Å². The van der Waals surface area contributed by atoms with Crippen molar-refractivity contribution in [1.82, 2.24) is 20.1 Å². The topological polar surface area (TPSA) is 64.7 Å². The van der Waals surface area contributed by atoms with Gasteiger partial charge in [-0.15, -0.1) is 0 Å². The summed E-state index contributed by atoms with van der Waals surface area (Å²) in [7, 11) is 0. The molecule has 0 amide bonds. The van der Waals surface area contributed by atoms with Crippen molar-refractivity contribution in [1.29, 1.82) is 0 Å². The molecule has 0 bridgehead atoms. The number of fused-ring (bicyclic) bond motifs is 1. The molecule has 2 heterocycles. The summed E-state index contributed by atoms with van der Waals surface area (Å²) in [5.41, 5.74) is 0.251. The maximum Gasteiger partial charge on any atom is 0.451 e. The third-order valence-corrected chi connectivity index (χ3v) is 4.24. The largest absolute Gasteiger partial charge is 0.451 e. The first-order valence-corrected chi connectivity index (χ1v) is 8.59. The Hall–Kier alpha value is -2.16. The Bertz CT molecular complexity index is 879. The van der Waals surface area contributed by atoms with Crippen molar-refractivity contribution in [2.45, 2.75) is 37.2 Å². The van der Waals surface area contributed by atoms with Gasteiger partial charge >= 0.3 is 6.18 Å². The highest BCUT2D eigenvalue weighted by Crippen LogP contribution is 2.32. The van der Waals surface area contributed by atoms with E-state index in [0.717, 1.165) is 11.8 Å². The molecule has 25 heavy (non-hydrogen) atoms. The summed E-state index contributed by atoms with van der Waals surface area (Å²) in [6, 6.07) is 6.60. The van der Waals surface area contributed by atoms with Gasteiger partial charge in [0.1, 0.15) is 5.03 Å². The molecule has 132 valence electrons. The van der Waals surface area contributed by atoms with Gasteiger partial charge in [-0.3, -0.25) is 0 Å². The Balaban J connectivity index is 1.86. The van der Waals surface area contributed by atoms with Crippen LogP contribution in [0.25, 0.3) is 10.9 Å². The Morgan fingerprint density at radius 2 is 1.88 bits per heavy atom. The first kappa shape index (κ1) is 17.7. The summed E-state index contributed by atoms with van der Waals surface area (Å²) in [6.07, 6.45) is -3.94. The highest BCUT2D eigenvalue weighted by Gasteiger charge is 2.35. The summed E-state index contributed by atoms with van der Waals surface area (Å²) < 4.78 is 44.2. The number of nitrogens with zero attached hydrogens (tertiary/aromatic N) is 4. The SMILES string of the molecule is CC(C)Cc1nc(CSc2nc(C(F)(F)F)nc3ccccc23)no1. The molecule has 3 rings (SSSR count). The quantitative estimate of drug-likeness (QED) is 0.487. The smallest absolute Gasteiger partial charge is 0.339 e. The van der Waals surface area contributed by atoms with E-state index in [0.29, 0.717) is 29.4 Å². The van der Waals surface area contributed by atoms with Crippen LogP contribution in [0.4, 0.5) is 13.2 Å². The third-order valence-electron chi connectivity index (χ3n) is 3.25. The van der Waals surface area contributed by atoms with E-state index in [-0.39, 0.29) is 16.3 Å². The van der Waals surface area contributed by atoms with Gasteiger partial charge in [-0.2, -0.15) is 18.2 Å². The molecule has 0 aliphatic heterocycles. The minimum atomic E-state index is -4.60. The Morgan fingerprint density at radius 1 is 1.12 bits per heavy atom. The van der Waals surface area contributed by atoms with Crippen LogP contribution < -0.4 is 0 Å². The Morgan fingerprint density at radius 3 is 2.60 bits per heavy atom. The standard InChI is InChI=1S/C16H15F3N4OS/c1-9(2)7-13-21-12(23-24-13)8-25-14-10-5-3-4-6-11(10)20-15(22-14)16(17,18)19/h3-6,9H,7-8H2,1-2H3. The fourth-order valence-corrected chi connectivity index (χ4v) is 3.06. The molecule has 0 N–H and O–H groups in total. The molecule has 0 radical (unpaired) electrons. The molecule has 0 saturated heterocycles. The van der Waals surface area contributed by atoms with Crippen LogP contribution in [0.3, 0.4) is 0 Å². The minimum absolute atomic E-state index is 0.244. The molecule has 0 unspecified atom stereocenters. The van der Waals surface area contributed by atoms with E-state index in [2.05, 4.69) is 20.1 Å². The van der Waals surface area contributed by atoms with Gasteiger partial charge in [-0.05, 0) is 12.0 Å². The lowest BCUT2D eigenvalue weighted by Crippen LogP contribution is -2.11. The average Bonchev–Trinajstić information content (AvgIpc) is 2.98. The number of para-hydroxylation sites is 1. The summed E-state index contributed by atoms with van der Waals surface area (Å²) in [4.78, 5) is 11.5. The Labute approximate surface area is 146 Å². The first-order valence-electron chi connectivity index (χ1n) is 7.61. The maximum atomic E-state index is 13.0. The van der Waals surface area contributed by atoms with Gasteiger partial charge in [0.25, 0.3) is 0 Å². The van der Waals surface area contributed by atoms with Crippen LogP contribution in [0.2, 0.25) is 0 Å². The van der Waals surface area contributed by atoms with E-state index in [4.69, 9.17) is 4.52 Å². The molecule has 0 atom stereocenters. The number of halogens is 3. The summed E-state index contributed by atoms with van der Waals surface area (Å²) in [6.45, 7) is 4.06. The van der Waals surface area contributed by atoms with Crippen molar-refractivity contribution in [3.8, 4) is 0 Å². The predicted molar refractivity (Wildman–Crippen MR) is 86.9 cm³/mol. The van der Waals surface area contributed by atoms with Crippen molar-refractivity contribution < 1.29 is 17.7 Å². The van der Waals surface area contributed by atoms with Crippen molar-refractivity contribution in [3.63, 3.8) is 0 Å². The number of aromatic nitrogens is 4. The normalized spacial score (nSPS) is 12.2. The minimum Gasteiger partial charge on any atom is -0.339 e. The maximum absolute atomic E-state index is 13.0. The van der Waals surface area contributed by atoms with Crippen LogP contribution in [0, 0.1) is 5.92 Å². The van der Waals surface area contributed by atoms with Gasteiger partial charge in [-0.25, -0.2) is 9.97 Å². The second-order valence-corrected chi connectivity index (χ2v) is 6.82. The average molecular weight is 368 g/mol. The molecule has 5 nitrogen and oxygen atoms in total. The van der Waals surface area contributed by atoms with Gasteiger partial charge in [0.15, 0.2) is 5.82 Å². The predicted octanol–water partition coefficient (Wildman–Crippen LogP) is 4.52. The second-order valence-electron chi connectivity index (χ2n) is 5.86. The van der Waals surface area contributed by atoms with E-state index in [1.165, 1.54) is 6.07 Å². The molecule has 2 aromatic heterocycles. The zero-order valence-corrected chi connectivity index (χ0v) is 14.4. The van der Waals surface area contributed by atoms with Crippen LogP contribution in [0.1, 0.15) is 31.4 Å². The van der Waals surface area contributed by atoms with Crippen LogP contribution in [0.5, 0.6) is 0 Å². The van der Waals surface area contributed by atoms with Crippen molar-refractivity contribution in [2.24, 2.45) is 5.92 Å². The van der Waals surface area contributed by atoms with E-state index in [9.17, 15) is 13.2 Å². The van der Waals surface area contributed by atoms with E-state index in [1.807, 2.05) is 13.8 Å². The fraction of sp³-hybridized carbons (Fsp3) is 0.375. The molecule has 3 aromatic rings. The molecular formula is C16H15F3N4OS. The zero-order chi connectivity index (χ0) is 18.0. The lowest BCUT2D eigenvalue weighted by molar-refractivity contribution is -0.145. The van der Waals surface area contributed by atoms with Gasteiger partial charge in [0, 0.05) is 11.8 Å². The molecule has 9 heteroatoms. The number of hydrogen-bond donors (Lipinski definition) is 0. The van der Waals surface area contributed by atoms with Crippen molar-refractivity contribution in [2.75, 3.05) is 0 Å². The zero-order valence-electron chi connectivity index (χ0n) is 13.5. The van der Waals surface area contributed by atoms with Crippen LogP contribution in [-0.2, 0) is 18.3 Å². The number of rotatable bonds is 5. The fourth-order valence-electron chi connectivity index (χ4n) is 2.20. The van der Waals surface area contributed by atoms with Crippen molar-refractivity contribution in [3.05, 3.63) is 41.8 Å². The first-order chi connectivity index (χ1) is 11.8. The van der Waals surface area contributed by atoms with Crippen LogP contribution in [0.15, 0.2) is 33.8 Å². The molecule has 0 aliphatic rings. The number of thioether (sulfide) groups is 1. The lowest BCUT2D eigenvalue weighted by Gasteiger charge is -2.09. The van der Waals surface area contributed by atoms with Crippen LogP contribution >= 0.6 is 11.8 Å². The Kier molecular flexibility index (Phi) is 4.94. The monoisotopic (exact) mass is 368 g/mol. The third kappa shape index (κ3) is 4.28. The highest BCUT2D eigenvalue weighted by molar-refractivity contribution is 7.98. The highest BCUT2D eigenvalue weighted by atomic mass is 32.2. The van der Waals surface area contributed by atoms with Gasteiger partial charge < -0.3 is 4.52 Å². The summed E-state index contributed by atoms with van der Waals surface area (Å²) >= 11 is 1.13. The molecule has 1 aromatic carbocycles. The molecule has 0 spiro atoms. The van der Waals surface area contributed by atoms with E-state index in [1.54, 1.807) is 18.2 Å². The number of benzene rings is 1. The second kappa shape index (κ2) is 6.99. The molecule has 0 fully saturated rings. The summed E-state index contributed by atoms with van der Waals surface area (Å²) in [5.74, 6) is 0.439.